The van der Waals surface area contributed by atoms with Crippen LogP contribution >= 0.6 is 24.0 Å². The topological polar surface area (TPSA) is 48.9 Å². The maximum absolute atomic E-state index is 5.14. The molecule has 0 amide bonds. The van der Waals surface area contributed by atoms with Crippen LogP contribution in [0.1, 0.15) is 37.8 Å². The number of halogens is 1. The second kappa shape index (κ2) is 12.5. The summed E-state index contributed by atoms with van der Waals surface area (Å²) in [4.78, 5) is 7.26. The first kappa shape index (κ1) is 22.2. The monoisotopic (exact) mass is 460 g/mol. The Morgan fingerprint density at radius 2 is 1.92 bits per heavy atom. The zero-order valence-electron chi connectivity index (χ0n) is 15.8. The second-order valence-electron chi connectivity index (χ2n) is 6.25. The molecule has 1 aliphatic rings. The Hall–Kier alpha value is -0.860. The molecule has 2 rings (SSSR count). The summed E-state index contributed by atoms with van der Waals surface area (Å²) in [6.07, 6.45) is 2.59. The zero-order valence-corrected chi connectivity index (χ0v) is 18.1. The number of ether oxygens (including phenoxy) is 1. The van der Waals surface area contributed by atoms with E-state index in [4.69, 9.17) is 9.73 Å². The van der Waals surface area contributed by atoms with Crippen LogP contribution in [0.5, 0.6) is 0 Å². The number of likely N-dealkylation sites (tertiary alicyclic amines) is 1. The highest BCUT2D eigenvalue weighted by Gasteiger charge is 2.22. The molecular formula is C19H33IN4O. The van der Waals surface area contributed by atoms with Crippen molar-refractivity contribution >= 4 is 29.9 Å². The van der Waals surface area contributed by atoms with E-state index in [2.05, 4.69) is 53.6 Å². The molecule has 1 fully saturated rings. The molecule has 0 aromatic heterocycles. The van der Waals surface area contributed by atoms with Crippen LogP contribution in [0.4, 0.5) is 0 Å². The fourth-order valence-corrected chi connectivity index (χ4v) is 3.18. The molecule has 1 unspecified atom stereocenters. The average molecular weight is 460 g/mol. The Balaban J connectivity index is 0.00000312. The molecule has 1 saturated heterocycles. The average Bonchev–Trinajstić information content (AvgIpc) is 3.06. The van der Waals surface area contributed by atoms with Crippen LogP contribution in [-0.4, -0.2) is 50.2 Å². The molecule has 1 aliphatic heterocycles. The number of benzene rings is 1. The Bertz CT molecular complexity index is 507. The van der Waals surface area contributed by atoms with Gasteiger partial charge in [-0.1, -0.05) is 31.2 Å². The van der Waals surface area contributed by atoms with Crippen molar-refractivity contribution in [3.63, 3.8) is 0 Å². The summed E-state index contributed by atoms with van der Waals surface area (Å²) >= 11 is 0. The number of hydrogen-bond donors (Lipinski definition) is 2. The minimum absolute atomic E-state index is 0. The lowest BCUT2D eigenvalue weighted by Gasteiger charge is -2.24. The fourth-order valence-electron chi connectivity index (χ4n) is 3.18. The van der Waals surface area contributed by atoms with Crippen molar-refractivity contribution in [2.45, 2.75) is 45.9 Å². The van der Waals surface area contributed by atoms with Gasteiger partial charge in [-0.25, -0.2) is 4.99 Å². The van der Waals surface area contributed by atoms with Gasteiger partial charge in [-0.3, -0.25) is 4.90 Å². The van der Waals surface area contributed by atoms with E-state index in [-0.39, 0.29) is 24.0 Å². The summed E-state index contributed by atoms with van der Waals surface area (Å²) < 4.78 is 5.14. The molecule has 0 saturated carbocycles. The molecule has 1 atom stereocenters. The molecule has 5 nitrogen and oxygen atoms in total. The van der Waals surface area contributed by atoms with Crippen LogP contribution in [0.15, 0.2) is 29.3 Å². The van der Waals surface area contributed by atoms with Crippen molar-refractivity contribution in [2.24, 2.45) is 4.99 Å². The van der Waals surface area contributed by atoms with E-state index < -0.39 is 0 Å². The van der Waals surface area contributed by atoms with Crippen LogP contribution in [0.25, 0.3) is 0 Å². The number of nitrogens with zero attached hydrogens (tertiary/aromatic N) is 2. The molecule has 142 valence electrons. The van der Waals surface area contributed by atoms with E-state index >= 15 is 0 Å². The van der Waals surface area contributed by atoms with E-state index in [0.717, 1.165) is 25.6 Å². The maximum Gasteiger partial charge on any atom is 0.191 e. The third kappa shape index (κ3) is 7.50. The van der Waals surface area contributed by atoms with Crippen molar-refractivity contribution in [1.82, 2.24) is 15.5 Å². The number of likely N-dealkylation sites (N-methyl/N-ethyl adjacent to an activating group) is 1. The summed E-state index contributed by atoms with van der Waals surface area (Å²) in [6, 6.07) is 9.08. The summed E-state index contributed by atoms with van der Waals surface area (Å²) in [6.45, 7) is 9.88. The molecule has 6 heteroatoms. The largest absolute Gasteiger partial charge is 0.380 e. The summed E-state index contributed by atoms with van der Waals surface area (Å²) in [5, 5.41) is 6.85. The molecule has 0 bridgehead atoms. The minimum Gasteiger partial charge on any atom is -0.380 e. The molecule has 1 aromatic carbocycles. The van der Waals surface area contributed by atoms with Crippen molar-refractivity contribution in [3.05, 3.63) is 35.4 Å². The first-order valence-electron chi connectivity index (χ1n) is 9.09. The maximum atomic E-state index is 5.14. The summed E-state index contributed by atoms with van der Waals surface area (Å²) in [7, 11) is 1.72. The molecule has 1 aromatic rings. The van der Waals surface area contributed by atoms with Crippen LogP contribution in [0, 0.1) is 0 Å². The number of methoxy groups -OCH3 is 1. The fraction of sp³-hybridized carbons (Fsp3) is 0.632. The van der Waals surface area contributed by atoms with Crippen LogP contribution in [0.3, 0.4) is 0 Å². The predicted molar refractivity (Wildman–Crippen MR) is 116 cm³/mol. The van der Waals surface area contributed by atoms with Crippen molar-refractivity contribution < 1.29 is 4.74 Å². The number of hydrogen-bond acceptors (Lipinski definition) is 3. The SMILES string of the molecule is CCNC(=NCc1ccc(COC)cc1)NCC1CCCN1CC.I. The van der Waals surface area contributed by atoms with E-state index in [0.29, 0.717) is 19.2 Å². The third-order valence-electron chi connectivity index (χ3n) is 4.51. The predicted octanol–water partition coefficient (Wildman–Crippen LogP) is 2.99. The lowest BCUT2D eigenvalue weighted by Crippen LogP contribution is -2.44. The first-order chi connectivity index (χ1) is 11.8. The Kier molecular flexibility index (Phi) is 11.1. The lowest BCUT2D eigenvalue weighted by atomic mass is 10.1. The molecule has 2 N–H and O–H groups in total. The van der Waals surface area contributed by atoms with E-state index in [9.17, 15) is 0 Å². The highest BCUT2D eigenvalue weighted by atomic mass is 127. The van der Waals surface area contributed by atoms with Gasteiger partial charge < -0.3 is 15.4 Å². The Morgan fingerprint density at radius 3 is 2.56 bits per heavy atom. The van der Waals surface area contributed by atoms with E-state index in [1.807, 2.05) is 0 Å². The number of aliphatic imine (C=N–C) groups is 1. The Morgan fingerprint density at radius 1 is 1.20 bits per heavy atom. The molecule has 0 spiro atoms. The van der Waals surface area contributed by atoms with Gasteiger partial charge in [-0.05, 0) is 44.0 Å². The highest BCUT2D eigenvalue weighted by Crippen LogP contribution is 2.15. The minimum atomic E-state index is 0. The van der Waals surface area contributed by atoms with Gasteiger partial charge in [0.05, 0.1) is 13.2 Å². The van der Waals surface area contributed by atoms with Gasteiger partial charge in [-0.15, -0.1) is 24.0 Å². The molecule has 0 aliphatic carbocycles. The highest BCUT2D eigenvalue weighted by molar-refractivity contribution is 14.0. The second-order valence-corrected chi connectivity index (χ2v) is 6.25. The number of guanidine groups is 1. The molecular weight excluding hydrogens is 427 g/mol. The first-order valence-corrected chi connectivity index (χ1v) is 9.09. The molecule has 25 heavy (non-hydrogen) atoms. The van der Waals surface area contributed by atoms with Gasteiger partial charge in [0.15, 0.2) is 5.96 Å². The standard InChI is InChI=1S/C19H32N4O.HI/c1-4-20-19(22-14-18-7-6-12-23(18)5-2)21-13-16-8-10-17(11-9-16)15-24-3;/h8-11,18H,4-7,12-15H2,1-3H3,(H2,20,21,22);1H. The van der Waals surface area contributed by atoms with Crippen molar-refractivity contribution in [1.29, 1.82) is 0 Å². The third-order valence-corrected chi connectivity index (χ3v) is 4.51. The quantitative estimate of drug-likeness (QED) is 0.356. The number of rotatable bonds is 8. The van der Waals surface area contributed by atoms with Gasteiger partial charge >= 0.3 is 0 Å². The van der Waals surface area contributed by atoms with E-state index in [1.165, 1.54) is 30.5 Å². The van der Waals surface area contributed by atoms with Crippen LogP contribution in [-0.2, 0) is 17.9 Å². The zero-order chi connectivity index (χ0) is 17.2. The van der Waals surface area contributed by atoms with Crippen molar-refractivity contribution in [3.8, 4) is 0 Å². The van der Waals surface area contributed by atoms with Crippen LogP contribution < -0.4 is 10.6 Å². The molecule has 0 radical (unpaired) electrons. The normalized spacial score (nSPS) is 18.0. The van der Waals surface area contributed by atoms with Gasteiger partial charge in [0, 0.05) is 26.2 Å². The van der Waals surface area contributed by atoms with Gasteiger partial charge in [-0.2, -0.15) is 0 Å². The van der Waals surface area contributed by atoms with E-state index in [1.54, 1.807) is 7.11 Å². The molecule has 1 heterocycles. The smallest absolute Gasteiger partial charge is 0.191 e. The van der Waals surface area contributed by atoms with Gasteiger partial charge in [0.25, 0.3) is 0 Å². The van der Waals surface area contributed by atoms with Crippen molar-refractivity contribution in [2.75, 3.05) is 33.3 Å². The lowest BCUT2D eigenvalue weighted by molar-refractivity contribution is 0.185. The van der Waals surface area contributed by atoms with Crippen LogP contribution in [0.2, 0.25) is 0 Å². The number of nitrogens with one attached hydrogen (secondary N) is 2. The van der Waals surface area contributed by atoms with Gasteiger partial charge in [0.1, 0.15) is 0 Å². The Labute approximate surface area is 169 Å². The summed E-state index contributed by atoms with van der Waals surface area (Å²) in [5.74, 6) is 0.904. The summed E-state index contributed by atoms with van der Waals surface area (Å²) in [5.41, 5.74) is 2.40. The van der Waals surface area contributed by atoms with Gasteiger partial charge in [0.2, 0.25) is 0 Å².